The third-order valence-electron chi connectivity index (χ3n) is 6.50. The largest absolute Gasteiger partial charge is 0.481 e. The number of para-hydroxylation sites is 1. The number of benzene rings is 2. The van der Waals surface area contributed by atoms with Gasteiger partial charge in [-0.3, -0.25) is 4.79 Å². The fourth-order valence-corrected chi connectivity index (χ4v) is 6.76. The first-order valence-corrected chi connectivity index (χ1v) is 11.6. The standard InChI is InChI=1S/C22H19Br2Cl2NO3/c1-19(11-12-27)20(2,18(28)29)21(19,17(23)22(24,25)26)14-7-6-10-16(13-14)30-15-8-4-3-5-9-15/h3-10,13,17H,11H2,1-2H3,(H,28,29). The van der Waals surface area contributed by atoms with Crippen molar-refractivity contribution in [2.75, 3.05) is 0 Å². The van der Waals surface area contributed by atoms with Gasteiger partial charge < -0.3 is 9.84 Å². The van der Waals surface area contributed by atoms with Crippen LogP contribution < -0.4 is 4.74 Å². The first-order valence-electron chi connectivity index (χ1n) is 9.11. The van der Waals surface area contributed by atoms with Gasteiger partial charge in [-0.25, -0.2) is 0 Å². The molecule has 0 saturated heterocycles. The lowest BCUT2D eigenvalue weighted by atomic mass is 9.82. The molecule has 4 atom stereocenters. The molecule has 2 aromatic carbocycles. The molecule has 158 valence electrons. The normalized spacial score (nSPS) is 29.0. The molecule has 0 aromatic heterocycles. The Morgan fingerprint density at radius 3 is 2.33 bits per heavy atom. The molecular weight excluding hydrogens is 557 g/mol. The molecule has 0 heterocycles. The van der Waals surface area contributed by atoms with Gasteiger partial charge in [0.15, 0.2) is 3.24 Å². The topological polar surface area (TPSA) is 70.3 Å². The maximum atomic E-state index is 12.5. The summed E-state index contributed by atoms with van der Waals surface area (Å²) in [5.41, 5.74) is -2.67. The highest BCUT2D eigenvalue weighted by Crippen LogP contribution is 2.83. The molecule has 1 N–H and O–H groups in total. The molecule has 2 aromatic rings. The second-order valence-corrected chi connectivity index (χ2v) is 12.2. The van der Waals surface area contributed by atoms with E-state index in [0.717, 1.165) is 0 Å². The predicted octanol–water partition coefficient (Wildman–Crippen LogP) is 7.03. The lowest BCUT2D eigenvalue weighted by molar-refractivity contribution is -0.144. The third-order valence-corrected chi connectivity index (χ3v) is 9.91. The van der Waals surface area contributed by atoms with Crippen molar-refractivity contribution in [3.05, 3.63) is 60.2 Å². The number of carbonyl (C=O) groups is 1. The average Bonchev–Trinajstić information content (AvgIpc) is 3.13. The van der Waals surface area contributed by atoms with Gasteiger partial charge in [-0.15, -0.1) is 0 Å². The molecule has 3 rings (SSSR count). The van der Waals surface area contributed by atoms with E-state index in [1.807, 2.05) is 36.4 Å². The van der Waals surface area contributed by atoms with Crippen LogP contribution in [-0.4, -0.2) is 19.1 Å². The number of alkyl halides is 4. The summed E-state index contributed by atoms with van der Waals surface area (Å²) in [5.74, 6) is 0.172. The summed E-state index contributed by atoms with van der Waals surface area (Å²) < 4.78 is 4.48. The minimum Gasteiger partial charge on any atom is -0.481 e. The summed E-state index contributed by atoms with van der Waals surface area (Å²) in [4.78, 5) is 11.8. The highest BCUT2D eigenvalue weighted by atomic mass is 79.9. The molecule has 0 amide bonds. The number of carboxylic acids is 1. The van der Waals surface area contributed by atoms with Crippen LogP contribution in [0.15, 0.2) is 54.6 Å². The number of nitriles is 1. The number of halogens is 4. The summed E-state index contributed by atoms with van der Waals surface area (Å²) in [7, 11) is 0. The van der Waals surface area contributed by atoms with Crippen molar-refractivity contribution in [2.24, 2.45) is 10.8 Å². The summed E-state index contributed by atoms with van der Waals surface area (Å²) >= 11 is 19.7. The smallest absolute Gasteiger partial charge is 0.310 e. The zero-order valence-electron chi connectivity index (χ0n) is 16.2. The second-order valence-electron chi connectivity index (χ2n) is 7.75. The van der Waals surface area contributed by atoms with Gasteiger partial charge in [-0.1, -0.05) is 76.4 Å². The molecule has 4 nitrogen and oxygen atoms in total. The summed E-state index contributed by atoms with van der Waals surface area (Å²) in [6.07, 6.45) is 0.0124. The van der Waals surface area contributed by atoms with Crippen LogP contribution >= 0.6 is 55.1 Å². The van der Waals surface area contributed by atoms with Crippen LogP contribution in [-0.2, 0) is 10.2 Å². The van der Waals surface area contributed by atoms with Crippen molar-refractivity contribution in [2.45, 2.75) is 33.8 Å². The molecule has 8 heteroatoms. The minimum atomic E-state index is -1.48. The van der Waals surface area contributed by atoms with E-state index in [9.17, 15) is 15.2 Å². The van der Waals surface area contributed by atoms with Gasteiger partial charge in [0.2, 0.25) is 0 Å². The number of rotatable bonds is 7. The van der Waals surface area contributed by atoms with E-state index in [2.05, 4.69) is 37.9 Å². The first kappa shape index (κ1) is 23.4. The average molecular weight is 576 g/mol. The molecular formula is C22H19Br2Cl2NO3. The second kappa shape index (κ2) is 8.02. The van der Waals surface area contributed by atoms with Gasteiger partial charge in [0.05, 0.1) is 16.3 Å². The number of nitrogens with zero attached hydrogens (tertiary/aromatic N) is 1. The van der Waals surface area contributed by atoms with Gasteiger partial charge in [-0.05, 0) is 52.7 Å². The van der Waals surface area contributed by atoms with Gasteiger partial charge in [0.25, 0.3) is 0 Å². The lowest BCUT2D eigenvalue weighted by Gasteiger charge is -2.33. The van der Waals surface area contributed by atoms with E-state index in [-0.39, 0.29) is 6.42 Å². The predicted molar refractivity (Wildman–Crippen MR) is 125 cm³/mol. The van der Waals surface area contributed by atoms with Crippen LogP contribution in [0.3, 0.4) is 0 Å². The van der Waals surface area contributed by atoms with Gasteiger partial charge >= 0.3 is 5.97 Å². The van der Waals surface area contributed by atoms with Crippen molar-refractivity contribution in [3.63, 3.8) is 0 Å². The molecule has 0 radical (unpaired) electrons. The van der Waals surface area contributed by atoms with E-state index in [1.54, 1.807) is 32.0 Å². The van der Waals surface area contributed by atoms with E-state index in [0.29, 0.717) is 17.1 Å². The lowest BCUT2D eigenvalue weighted by Crippen LogP contribution is -2.39. The van der Waals surface area contributed by atoms with Crippen LogP contribution in [0.5, 0.6) is 11.5 Å². The molecule has 0 spiro atoms. The molecule has 1 saturated carbocycles. The van der Waals surface area contributed by atoms with Crippen LogP contribution in [0.2, 0.25) is 0 Å². The van der Waals surface area contributed by atoms with Crippen molar-refractivity contribution < 1.29 is 14.6 Å². The highest BCUT2D eigenvalue weighted by molar-refractivity contribution is 9.13. The van der Waals surface area contributed by atoms with Crippen molar-refractivity contribution in [3.8, 4) is 17.6 Å². The number of aliphatic carboxylic acids is 1. The zero-order valence-corrected chi connectivity index (χ0v) is 20.9. The Bertz CT molecular complexity index is 1010. The Labute approximate surface area is 202 Å². The molecule has 4 unspecified atom stereocenters. The first-order chi connectivity index (χ1) is 14.0. The summed E-state index contributed by atoms with van der Waals surface area (Å²) in [6.45, 7) is 3.42. The maximum absolute atomic E-state index is 12.5. The van der Waals surface area contributed by atoms with E-state index < -0.39 is 30.3 Å². The number of ether oxygens (including phenoxy) is 1. The molecule has 1 aliphatic rings. The fraction of sp³-hybridized carbons (Fsp3) is 0.364. The highest BCUT2D eigenvalue weighted by Gasteiger charge is 2.89. The molecule has 0 bridgehead atoms. The zero-order chi connectivity index (χ0) is 22.4. The van der Waals surface area contributed by atoms with Gasteiger partial charge in [-0.2, -0.15) is 5.26 Å². The Kier molecular flexibility index (Phi) is 6.25. The van der Waals surface area contributed by atoms with Crippen LogP contribution in [0.25, 0.3) is 0 Å². The van der Waals surface area contributed by atoms with Crippen LogP contribution in [0.1, 0.15) is 25.8 Å². The fourth-order valence-electron chi connectivity index (χ4n) is 4.86. The van der Waals surface area contributed by atoms with Gasteiger partial charge in [0.1, 0.15) is 11.5 Å². The third kappa shape index (κ3) is 3.26. The van der Waals surface area contributed by atoms with E-state index in [4.69, 9.17) is 27.9 Å². The molecule has 1 aliphatic carbocycles. The molecule has 0 aliphatic heterocycles. The molecule has 1 fully saturated rings. The maximum Gasteiger partial charge on any atom is 0.310 e. The number of hydrogen-bond acceptors (Lipinski definition) is 3. The Balaban J connectivity index is 2.20. The summed E-state index contributed by atoms with van der Waals surface area (Å²) in [5, 5.41) is 19.7. The van der Waals surface area contributed by atoms with E-state index in [1.165, 1.54) is 0 Å². The Morgan fingerprint density at radius 1 is 1.20 bits per heavy atom. The van der Waals surface area contributed by atoms with Gasteiger partial charge in [0, 0.05) is 17.3 Å². The Morgan fingerprint density at radius 2 is 1.80 bits per heavy atom. The minimum absolute atomic E-state index is 0.0124. The number of hydrogen-bond donors (Lipinski definition) is 1. The van der Waals surface area contributed by atoms with E-state index >= 15 is 0 Å². The van der Waals surface area contributed by atoms with Crippen molar-refractivity contribution in [1.29, 1.82) is 5.26 Å². The van der Waals surface area contributed by atoms with Crippen molar-refractivity contribution >= 4 is 61.0 Å². The number of carboxylic acid groups (broad SMARTS) is 1. The molecule has 30 heavy (non-hydrogen) atoms. The quantitative estimate of drug-likeness (QED) is 0.360. The monoisotopic (exact) mass is 573 g/mol. The SMILES string of the molecule is CC1(CC#N)C(C)(C(=O)O)C1(c1cccc(Oc2ccccc2)c1)C(Br)C(Cl)(Cl)Br. The van der Waals surface area contributed by atoms with Crippen molar-refractivity contribution in [1.82, 2.24) is 0 Å². The van der Waals surface area contributed by atoms with Crippen LogP contribution in [0, 0.1) is 22.2 Å². The Hall–Kier alpha value is -1.26. The summed E-state index contributed by atoms with van der Waals surface area (Å²) in [6, 6.07) is 18.6. The van der Waals surface area contributed by atoms with Crippen LogP contribution in [0.4, 0.5) is 0 Å².